The van der Waals surface area contributed by atoms with Crippen LogP contribution < -0.4 is 4.74 Å². The molecule has 2 aliphatic carbocycles. The maximum absolute atomic E-state index is 13.5. The fraction of sp³-hybridized carbons (Fsp3) is 0.400. The summed E-state index contributed by atoms with van der Waals surface area (Å²) in [5.74, 6) is -1.75. The molecule has 0 aromatic heterocycles. The first kappa shape index (κ1) is 22.8. The van der Waals surface area contributed by atoms with Gasteiger partial charge < -0.3 is 29.9 Å². The highest BCUT2D eigenvalue weighted by molar-refractivity contribution is 6.32. The summed E-state index contributed by atoms with van der Waals surface area (Å²) >= 11 is 0. The topological polar surface area (TPSA) is 151 Å². The molecule has 0 bridgehead atoms. The number of fused-ring (bicyclic) bond motifs is 4. The minimum Gasteiger partial charge on any atom is -0.461 e. The summed E-state index contributed by atoms with van der Waals surface area (Å²) in [6.45, 7) is 3.24. The first-order valence-corrected chi connectivity index (χ1v) is 11.1. The number of aliphatic hydroxyl groups excluding tert-OH is 4. The number of aliphatic hydroxyl groups is 4. The van der Waals surface area contributed by atoms with E-state index in [1.807, 2.05) is 0 Å². The molecule has 1 aliphatic heterocycles. The first-order valence-electron chi connectivity index (χ1n) is 11.1. The molecule has 0 radical (unpaired) electrons. The highest BCUT2D eigenvalue weighted by atomic mass is 16.7. The Labute approximate surface area is 194 Å². The van der Waals surface area contributed by atoms with Gasteiger partial charge in [-0.1, -0.05) is 25.1 Å². The van der Waals surface area contributed by atoms with Crippen LogP contribution in [0.15, 0.2) is 30.3 Å². The molecule has 178 valence electrons. The van der Waals surface area contributed by atoms with E-state index in [2.05, 4.69) is 0 Å². The van der Waals surface area contributed by atoms with E-state index < -0.39 is 48.4 Å². The zero-order valence-corrected chi connectivity index (χ0v) is 18.5. The van der Waals surface area contributed by atoms with Crippen LogP contribution in [-0.4, -0.2) is 68.5 Å². The summed E-state index contributed by atoms with van der Waals surface area (Å²) in [7, 11) is 0. The van der Waals surface area contributed by atoms with Gasteiger partial charge in [0.25, 0.3) is 0 Å². The maximum Gasteiger partial charge on any atom is 0.229 e. The molecule has 2 aromatic carbocycles. The molecule has 4 N–H and O–H groups in total. The fourth-order valence-electron chi connectivity index (χ4n) is 4.96. The predicted octanol–water partition coefficient (Wildman–Crippen LogP) is 0.924. The zero-order valence-electron chi connectivity index (χ0n) is 18.5. The van der Waals surface area contributed by atoms with Crippen molar-refractivity contribution in [2.45, 2.75) is 57.1 Å². The monoisotopic (exact) mass is 468 g/mol. The van der Waals surface area contributed by atoms with E-state index in [0.29, 0.717) is 5.56 Å². The molecule has 5 unspecified atom stereocenters. The Morgan fingerprint density at radius 3 is 2.24 bits per heavy atom. The molecule has 2 aromatic rings. The van der Waals surface area contributed by atoms with Gasteiger partial charge in [-0.05, 0) is 30.5 Å². The average molecular weight is 468 g/mol. The number of hydrogen-bond donors (Lipinski definition) is 4. The number of carbonyl (C=O) groups is 3. The van der Waals surface area contributed by atoms with Gasteiger partial charge in [-0.2, -0.15) is 0 Å². The van der Waals surface area contributed by atoms with E-state index in [4.69, 9.17) is 9.47 Å². The van der Waals surface area contributed by atoms with Crippen molar-refractivity contribution >= 4 is 17.3 Å². The number of rotatable bonds is 2. The summed E-state index contributed by atoms with van der Waals surface area (Å²) in [4.78, 5) is 39.9. The van der Waals surface area contributed by atoms with Crippen LogP contribution in [0.5, 0.6) is 5.75 Å². The van der Waals surface area contributed by atoms with Gasteiger partial charge in [-0.3, -0.25) is 14.4 Å². The van der Waals surface area contributed by atoms with Gasteiger partial charge in [-0.15, -0.1) is 0 Å². The van der Waals surface area contributed by atoms with E-state index >= 15 is 0 Å². The molecule has 5 rings (SSSR count). The number of ketones is 3. The van der Waals surface area contributed by atoms with Crippen LogP contribution in [0, 0.1) is 5.92 Å². The second-order valence-electron chi connectivity index (χ2n) is 9.14. The van der Waals surface area contributed by atoms with Gasteiger partial charge in [0.15, 0.2) is 17.3 Å². The highest BCUT2D eigenvalue weighted by Crippen LogP contribution is 2.42. The van der Waals surface area contributed by atoms with Crippen LogP contribution in [0.4, 0.5) is 0 Å². The molecular formula is C25H24O9. The predicted molar refractivity (Wildman–Crippen MR) is 116 cm³/mol. The quantitative estimate of drug-likeness (QED) is 0.430. The molecule has 0 spiro atoms. The fourth-order valence-corrected chi connectivity index (χ4v) is 4.96. The zero-order chi connectivity index (χ0) is 24.5. The lowest BCUT2D eigenvalue weighted by Crippen LogP contribution is -2.58. The summed E-state index contributed by atoms with van der Waals surface area (Å²) in [6, 6.07) is 7.29. The largest absolute Gasteiger partial charge is 0.461 e. The number of hydrogen-bond acceptors (Lipinski definition) is 9. The van der Waals surface area contributed by atoms with Gasteiger partial charge in [0.05, 0.1) is 17.8 Å². The van der Waals surface area contributed by atoms with Crippen molar-refractivity contribution in [2.24, 2.45) is 5.92 Å². The second kappa shape index (κ2) is 8.07. The van der Waals surface area contributed by atoms with E-state index in [-0.39, 0.29) is 51.7 Å². The van der Waals surface area contributed by atoms with Crippen molar-refractivity contribution in [2.75, 3.05) is 0 Å². The van der Waals surface area contributed by atoms with Gasteiger partial charge in [0.2, 0.25) is 6.29 Å². The minimum atomic E-state index is -1.60. The standard InChI is InChI=1S/C25H24O9/c1-9-8-14(26)16-12(19(9)27)6-7-13-18(16)22(30)11-4-3-5-15(17(11)21(13)29)34-25-24(32)23(31)20(28)10(2)33-25/h3-7,9-10,19-20,23-25,27-28,31-32H,8H2,1-2H3/t9-,10?,19+,20?,23?,24?,25?/m0/s1. The van der Waals surface area contributed by atoms with Gasteiger partial charge in [0, 0.05) is 28.7 Å². The Morgan fingerprint density at radius 1 is 0.824 bits per heavy atom. The minimum absolute atomic E-state index is 0.0169. The number of carbonyl (C=O) groups excluding carboxylic acids is 3. The Hall–Kier alpha value is -2.95. The van der Waals surface area contributed by atoms with Crippen LogP contribution in [-0.2, 0) is 4.74 Å². The van der Waals surface area contributed by atoms with Crippen molar-refractivity contribution in [1.82, 2.24) is 0 Å². The summed E-state index contributed by atoms with van der Waals surface area (Å²) in [6.07, 6.45) is -7.57. The summed E-state index contributed by atoms with van der Waals surface area (Å²) < 4.78 is 11.2. The maximum atomic E-state index is 13.5. The van der Waals surface area contributed by atoms with Crippen LogP contribution in [0.3, 0.4) is 0 Å². The number of benzene rings is 2. The molecule has 0 amide bonds. The second-order valence-corrected chi connectivity index (χ2v) is 9.14. The summed E-state index contributed by atoms with van der Waals surface area (Å²) in [5.41, 5.74) is 0.375. The molecule has 34 heavy (non-hydrogen) atoms. The van der Waals surface area contributed by atoms with E-state index in [1.165, 1.54) is 37.3 Å². The smallest absolute Gasteiger partial charge is 0.229 e. The Balaban J connectivity index is 1.58. The Kier molecular flexibility index (Phi) is 5.42. The SMILES string of the molecule is CC1OC(Oc2cccc3c2C(=O)c2ccc4c(c2C3=O)C(=O)C[C@H](C)[C@H]4O)C(O)C(O)C1O. The van der Waals surface area contributed by atoms with Crippen LogP contribution in [0.1, 0.15) is 74.1 Å². The molecule has 7 atom stereocenters. The first-order chi connectivity index (χ1) is 16.1. The summed E-state index contributed by atoms with van der Waals surface area (Å²) in [5, 5.41) is 40.8. The van der Waals surface area contributed by atoms with E-state index in [0.717, 1.165) is 0 Å². The van der Waals surface area contributed by atoms with E-state index in [9.17, 15) is 34.8 Å². The molecule has 9 heteroatoms. The Bertz CT molecular complexity index is 1220. The van der Waals surface area contributed by atoms with Crippen LogP contribution in [0.25, 0.3) is 0 Å². The molecular weight excluding hydrogens is 444 g/mol. The third kappa shape index (κ3) is 3.24. The van der Waals surface area contributed by atoms with Gasteiger partial charge >= 0.3 is 0 Å². The van der Waals surface area contributed by atoms with Crippen molar-refractivity contribution < 1.29 is 44.3 Å². The molecule has 9 nitrogen and oxygen atoms in total. The molecule has 1 saturated heterocycles. The molecule has 3 aliphatic rings. The van der Waals surface area contributed by atoms with Crippen LogP contribution in [0.2, 0.25) is 0 Å². The van der Waals surface area contributed by atoms with E-state index in [1.54, 1.807) is 6.92 Å². The average Bonchev–Trinajstić information content (AvgIpc) is 2.82. The lowest BCUT2D eigenvalue weighted by Gasteiger charge is -2.39. The normalized spacial score (nSPS) is 32.6. The van der Waals surface area contributed by atoms with Gasteiger partial charge in [-0.25, -0.2) is 0 Å². The van der Waals surface area contributed by atoms with Gasteiger partial charge in [0.1, 0.15) is 24.1 Å². The molecule has 0 saturated carbocycles. The highest BCUT2D eigenvalue weighted by Gasteiger charge is 2.45. The molecule has 1 fully saturated rings. The Morgan fingerprint density at radius 2 is 1.50 bits per heavy atom. The third-order valence-electron chi connectivity index (χ3n) is 6.90. The lowest BCUT2D eigenvalue weighted by atomic mass is 9.73. The van der Waals surface area contributed by atoms with Crippen molar-refractivity contribution in [3.63, 3.8) is 0 Å². The van der Waals surface area contributed by atoms with Crippen molar-refractivity contribution in [3.8, 4) is 5.75 Å². The van der Waals surface area contributed by atoms with Crippen molar-refractivity contribution in [1.29, 1.82) is 0 Å². The number of ether oxygens (including phenoxy) is 2. The van der Waals surface area contributed by atoms with Crippen molar-refractivity contribution in [3.05, 3.63) is 63.7 Å². The van der Waals surface area contributed by atoms with Crippen LogP contribution >= 0.6 is 0 Å². The lowest BCUT2D eigenvalue weighted by molar-refractivity contribution is -0.268. The third-order valence-corrected chi connectivity index (χ3v) is 6.90. The number of Topliss-reactive ketones (excluding diaryl/α,β-unsaturated/α-hetero) is 1. The molecule has 1 heterocycles.